The van der Waals surface area contributed by atoms with Gasteiger partial charge in [-0.3, -0.25) is 0 Å². The van der Waals surface area contributed by atoms with Crippen molar-refractivity contribution in [2.24, 2.45) is 0 Å². The standard InChI is InChI=1S/C6H2Br2O/c7-5-3-1-2-4(9-3)6(5)8/h1-2H. The van der Waals surface area contributed by atoms with Crippen LogP contribution in [0, 0.1) is 0 Å². The summed E-state index contributed by atoms with van der Waals surface area (Å²) in [5.41, 5.74) is 1.80. The second-order valence-electron chi connectivity index (χ2n) is 1.79. The minimum absolute atomic E-state index is 0.900. The summed E-state index contributed by atoms with van der Waals surface area (Å²) in [6.45, 7) is 0. The predicted octanol–water partition coefficient (Wildman–Crippen LogP) is 3.40. The Balaban J connectivity index is 2.99. The molecule has 2 aromatic rings. The monoisotopic (exact) mass is 248 g/mol. The van der Waals surface area contributed by atoms with Crippen LogP contribution in [0.4, 0.5) is 0 Å². The molecule has 0 spiro atoms. The Kier molecular flexibility index (Phi) is 1.11. The van der Waals surface area contributed by atoms with Crippen LogP contribution >= 0.6 is 31.9 Å². The highest BCUT2D eigenvalue weighted by Crippen LogP contribution is 2.36. The average Bonchev–Trinajstić information content (AvgIpc) is 2.37. The molecule has 3 heteroatoms. The molecular weight excluding hydrogens is 248 g/mol. The van der Waals surface area contributed by atoms with Gasteiger partial charge in [0, 0.05) is 0 Å². The molecule has 2 heterocycles. The van der Waals surface area contributed by atoms with E-state index < -0.39 is 0 Å². The molecule has 0 aromatic carbocycles. The molecule has 0 saturated carbocycles. The van der Waals surface area contributed by atoms with Crippen LogP contribution < -0.4 is 0 Å². The first-order valence-electron chi connectivity index (χ1n) is 2.45. The van der Waals surface area contributed by atoms with Crippen LogP contribution in [-0.4, -0.2) is 0 Å². The zero-order chi connectivity index (χ0) is 6.43. The SMILES string of the molecule is Brc1c(Br)c2ccc1o2. The lowest BCUT2D eigenvalue weighted by Gasteiger charge is -1.82. The first kappa shape index (κ1) is 5.74. The molecule has 0 radical (unpaired) electrons. The van der Waals surface area contributed by atoms with E-state index in [1.165, 1.54) is 0 Å². The van der Waals surface area contributed by atoms with Crippen LogP contribution in [-0.2, 0) is 0 Å². The Morgan fingerprint density at radius 1 is 1.00 bits per heavy atom. The predicted molar refractivity (Wildman–Crippen MR) is 42.8 cm³/mol. The minimum Gasteiger partial charge on any atom is -0.455 e. The quantitative estimate of drug-likeness (QED) is 0.698. The smallest absolute Gasteiger partial charge is 0.143 e. The van der Waals surface area contributed by atoms with E-state index in [0.29, 0.717) is 0 Å². The van der Waals surface area contributed by atoms with Crippen molar-refractivity contribution in [3.8, 4) is 0 Å². The summed E-state index contributed by atoms with van der Waals surface area (Å²) >= 11 is 6.72. The molecule has 46 valence electrons. The molecule has 0 unspecified atom stereocenters. The largest absolute Gasteiger partial charge is 0.455 e. The molecule has 0 aliphatic rings. The Morgan fingerprint density at radius 2 is 1.44 bits per heavy atom. The third kappa shape index (κ3) is 0.648. The summed E-state index contributed by atoms with van der Waals surface area (Å²) in [6.07, 6.45) is 0. The van der Waals surface area contributed by atoms with Gasteiger partial charge in [-0.15, -0.1) is 0 Å². The second kappa shape index (κ2) is 1.73. The number of halogens is 2. The maximum absolute atomic E-state index is 5.25. The molecule has 0 aliphatic heterocycles. The molecular formula is C6H2Br2O. The van der Waals surface area contributed by atoms with E-state index in [1.807, 2.05) is 12.1 Å². The molecule has 0 aliphatic carbocycles. The van der Waals surface area contributed by atoms with E-state index in [-0.39, 0.29) is 0 Å². The Bertz CT molecular complexity index is 295. The lowest BCUT2D eigenvalue weighted by atomic mass is 10.4. The number of hydrogen-bond donors (Lipinski definition) is 0. The van der Waals surface area contributed by atoms with Crippen LogP contribution in [0.25, 0.3) is 11.2 Å². The maximum Gasteiger partial charge on any atom is 0.143 e. The van der Waals surface area contributed by atoms with Crippen LogP contribution in [0.2, 0.25) is 0 Å². The highest BCUT2D eigenvalue weighted by molar-refractivity contribution is 9.13. The Hall–Kier alpha value is -0.0200. The number of hydrogen-bond acceptors (Lipinski definition) is 1. The molecule has 2 bridgehead atoms. The van der Waals surface area contributed by atoms with Gasteiger partial charge in [-0.25, -0.2) is 0 Å². The van der Waals surface area contributed by atoms with Gasteiger partial charge in [-0.2, -0.15) is 0 Å². The molecule has 9 heavy (non-hydrogen) atoms. The lowest BCUT2D eigenvalue weighted by molar-refractivity contribution is 0.673. The van der Waals surface area contributed by atoms with Crippen LogP contribution in [0.1, 0.15) is 0 Å². The first-order valence-corrected chi connectivity index (χ1v) is 4.03. The molecule has 0 atom stereocenters. The second-order valence-corrected chi connectivity index (χ2v) is 3.38. The molecule has 0 amide bonds. The minimum atomic E-state index is 0.900. The highest BCUT2D eigenvalue weighted by atomic mass is 79.9. The Labute approximate surface area is 68.6 Å². The van der Waals surface area contributed by atoms with Crippen molar-refractivity contribution in [1.82, 2.24) is 0 Å². The lowest BCUT2D eigenvalue weighted by Crippen LogP contribution is -1.59. The van der Waals surface area contributed by atoms with Crippen molar-refractivity contribution in [3.05, 3.63) is 21.1 Å². The third-order valence-electron chi connectivity index (χ3n) is 1.23. The highest BCUT2D eigenvalue weighted by Gasteiger charge is 2.10. The van der Waals surface area contributed by atoms with E-state index in [9.17, 15) is 0 Å². The van der Waals surface area contributed by atoms with E-state index in [4.69, 9.17) is 4.42 Å². The molecule has 0 N–H and O–H groups in total. The van der Waals surface area contributed by atoms with Gasteiger partial charge in [-0.05, 0) is 44.0 Å². The molecule has 0 fully saturated rings. The van der Waals surface area contributed by atoms with Crippen molar-refractivity contribution in [1.29, 1.82) is 0 Å². The van der Waals surface area contributed by atoms with E-state index >= 15 is 0 Å². The van der Waals surface area contributed by atoms with Gasteiger partial charge in [0.1, 0.15) is 11.2 Å². The van der Waals surface area contributed by atoms with Crippen LogP contribution in [0.15, 0.2) is 25.5 Å². The molecule has 1 nitrogen and oxygen atoms in total. The topological polar surface area (TPSA) is 13.1 Å². The fourth-order valence-electron chi connectivity index (χ4n) is 0.790. The van der Waals surface area contributed by atoms with Gasteiger partial charge >= 0.3 is 0 Å². The average molecular weight is 250 g/mol. The normalized spacial score (nSPS) is 11.3. The fourth-order valence-corrected chi connectivity index (χ4v) is 1.61. The molecule has 2 rings (SSSR count). The van der Waals surface area contributed by atoms with E-state index in [0.717, 1.165) is 20.1 Å². The van der Waals surface area contributed by atoms with Gasteiger partial charge < -0.3 is 4.42 Å². The number of rotatable bonds is 0. The summed E-state index contributed by atoms with van der Waals surface area (Å²) in [5, 5.41) is 0. The maximum atomic E-state index is 5.25. The first-order chi connectivity index (χ1) is 4.29. The van der Waals surface area contributed by atoms with E-state index in [2.05, 4.69) is 31.9 Å². The van der Waals surface area contributed by atoms with Gasteiger partial charge in [-0.1, -0.05) is 0 Å². The van der Waals surface area contributed by atoms with Crippen LogP contribution in [0.5, 0.6) is 0 Å². The summed E-state index contributed by atoms with van der Waals surface area (Å²) in [7, 11) is 0. The van der Waals surface area contributed by atoms with Crippen molar-refractivity contribution < 1.29 is 4.42 Å². The van der Waals surface area contributed by atoms with Crippen molar-refractivity contribution >= 4 is 43.0 Å². The van der Waals surface area contributed by atoms with Gasteiger partial charge in [0.25, 0.3) is 0 Å². The van der Waals surface area contributed by atoms with Crippen molar-refractivity contribution in [2.75, 3.05) is 0 Å². The zero-order valence-corrected chi connectivity index (χ0v) is 7.49. The molecule has 2 aromatic heterocycles. The third-order valence-corrected chi connectivity index (χ3v) is 3.34. The van der Waals surface area contributed by atoms with Crippen LogP contribution in [0.3, 0.4) is 0 Å². The van der Waals surface area contributed by atoms with Gasteiger partial charge in [0.05, 0.1) is 8.95 Å². The number of furan rings is 2. The van der Waals surface area contributed by atoms with Crippen molar-refractivity contribution in [2.45, 2.75) is 0 Å². The molecule has 0 saturated heterocycles. The number of fused-ring (bicyclic) bond motifs is 2. The van der Waals surface area contributed by atoms with Gasteiger partial charge in [0.15, 0.2) is 0 Å². The fraction of sp³-hybridized carbons (Fsp3) is 0. The summed E-state index contributed by atoms with van der Waals surface area (Å²) < 4.78 is 7.28. The summed E-state index contributed by atoms with van der Waals surface area (Å²) in [6, 6.07) is 3.87. The number of benzene rings is 1. The Morgan fingerprint density at radius 3 is 1.67 bits per heavy atom. The van der Waals surface area contributed by atoms with E-state index in [1.54, 1.807) is 0 Å². The van der Waals surface area contributed by atoms with Crippen molar-refractivity contribution in [3.63, 3.8) is 0 Å². The zero-order valence-electron chi connectivity index (χ0n) is 4.32. The van der Waals surface area contributed by atoms with Gasteiger partial charge in [0.2, 0.25) is 0 Å². The summed E-state index contributed by atoms with van der Waals surface area (Å²) in [4.78, 5) is 0. The summed E-state index contributed by atoms with van der Waals surface area (Å²) in [5.74, 6) is 0.